The number of Topliss-reactive ketones (excluding diaryl/α,β-unsaturated/α-hetero) is 1. The topological polar surface area (TPSA) is 448 Å². The number of ketones is 1. The van der Waals surface area contributed by atoms with Crippen LogP contribution in [0.2, 0.25) is 0 Å². The smallest absolute Gasteiger partial charge is 1.00 e. The molecule has 4 saturated heterocycles. The van der Waals surface area contributed by atoms with E-state index in [0.29, 0.717) is 46.1 Å². The van der Waals surface area contributed by atoms with Gasteiger partial charge in [0.1, 0.15) is 5.69 Å². The SMILES string of the molecule is C1=CN=CC1.CC(=O)c1ccc([N+](=O)[O-])c(F)c1.CC(O)c1ccc([N+](=O)[O-])c(F)c1.CC(OP(=O)(N1CC1)N1CC1)c1ccc([N+](=O)[O-])c(-n2ccnc2)c1.CC(OP(=O)(N1CC1)N1CC1)c1ccc([N+](=O)[O-])c(F)c1.CC(OP(=O)(NCCBr)NCCBr)c1ccc([N+](=O)[O-])c(F)c1.O=CO[O-].[B].[H-].[H-].[K+].[K+].[Na+]. The molecule has 3 radical (unpaired) electrons. The van der Waals surface area contributed by atoms with Crippen LogP contribution >= 0.6 is 54.9 Å². The number of alkyl halides is 2. The Kier molecular flexibility index (Phi) is 47.0. The zero-order valence-electron chi connectivity index (χ0n) is 61.4. The average Bonchev–Trinajstić information content (AvgIpc) is 1.61. The van der Waals surface area contributed by atoms with Gasteiger partial charge in [-0.3, -0.25) is 92.4 Å². The normalized spacial score (nSPS) is 14.8. The summed E-state index contributed by atoms with van der Waals surface area (Å²) in [5, 5.41) is 77.1. The van der Waals surface area contributed by atoms with Crippen LogP contribution in [0.25, 0.3) is 5.69 Å². The zero-order chi connectivity index (χ0) is 77.2. The number of nitro benzene ring substituents is 5. The Balaban J connectivity index is 0. The van der Waals surface area contributed by atoms with Gasteiger partial charge in [0.05, 0.1) is 55.4 Å². The number of carbonyl (C=O) groups excluding carboxylic acids is 2. The Hall–Kier alpha value is -3.87. The number of aromatic nitrogens is 2. The minimum atomic E-state index is -3.34. The summed E-state index contributed by atoms with van der Waals surface area (Å²) < 4.78 is 118. The molecular formula is C60H72BBr2F4K2N14NaO21P3. The quantitative estimate of drug-likeness (QED) is 0.00607. The molecule has 4 unspecified atom stereocenters. The first-order valence-corrected chi connectivity index (χ1v) is 37.7. The van der Waals surface area contributed by atoms with E-state index in [4.69, 9.17) is 28.7 Å². The average molecular weight is 1770 g/mol. The molecule has 35 nitrogen and oxygen atoms in total. The van der Waals surface area contributed by atoms with Gasteiger partial charge in [-0.25, -0.2) is 33.8 Å². The molecule has 5 aliphatic rings. The van der Waals surface area contributed by atoms with Crippen molar-refractivity contribution in [2.45, 2.75) is 65.5 Å². The van der Waals surface area contributed by atoms with Crippen LogP contribution in [0.3, 0.4) is 0 Å². The molecule has 0 spiro atoms. The number of benzene rings is 5. The summed E-state index contributed by atoms with van der Waals surface area (Å²) >= 11 is 6.45. The number of hydrogen-bond acceptors (Lipinski definition) is 23. The van der Waals surface area contributed by atoms with Gasteiger partial charge in [-0.1, -0.05) is 37.9 Å². The van der Waals surface area contributed by atoms with Gasteiger partial charge in [-0.15, -0.1) is 0 Å². The van der Waals surface area contributed by atoms with Crippen LogP contribution in [0.15, 0.2) is 127 Å². The second kappa shape index (κ2) is 49.7. The van der Waals surface area contributed by atoms with E-state index in [1.54, 1.807) is 58.5 Å². The molecule has 4 atom stereocenters. The fourth-order valence-electron chi connectivity index (χ4n) is 8.65. The summed E-state index contributed by atoms with van der Waals surface area (Å²) in [7, 11) is -9.29. The largest absolute Gasteiger partial charge is 1.00 e. The molecule has 48 heteroatoms. The molecule has 4 fully saturated rings. The number of hydrogen-bond donors (Lipinski definition) is 3. The Labute approximate surface area is 745 Å². The molecule has 0 amide bonds. The minimum Gasteiger partial charge on any atom is -1.00 e. The van der Waals surface area contributed by atoms with E-state index in [-0.39, 0.29) is 167 Å². The van der Waals surface area contributed by atoms with E-state index in [1.807, 2.05) is 28.6 Å². The van der Waals surface area contributed by atoms with Gasteiger partial charge in [0, 0.05) is 152 Å². The van der Waals surface area contributed by atoms with Crippen LogP contribution in [0, 0.1) is 73.8 Å². The predicted molar refractivity (Wildman–Crippen MR) is 382 cm³/mol. The molecule has 6 heterocycles. The molecule has 5 aliphatic heterocycles. The number of nitrogens with zero attached hydrogens (tertiary/aromatic N) is 12. The van der Waals surface area contributed by atoms with Crippen molar-refractivity contribution in [3.05, 3.63) is 224 Å². The molecule has 6 aromatic rings. The third-order valence-corrected chi connectivity index (χ3v) is 22.7. The van der Waals surface area contributed by atoms with Gasteiger partial charge in [0.25, 0.3) is 12.2 Å². The maximum Gasteiger partial charge on any atom is 1.00 e. The fraction of sp³-hybridized carbons (Fsp3) is 0.367. The first kappa shape index (κ1) is 102. The summed E-state index contributed by atoms with van der Waals surface area (Å²) in [6.07, 6.45) is 8.84. The summed E-state index contributed by atoms with van der Waals surface area (Å²) in [5.41, 5.74) is -0.0294. The van der Waals surface area contributed by atoms with Crippen molar-refractivity contribution in [2.24, 2.45) is 4.99 Å². The Morgan fingerprint density at radius 3 is 1.22 bits per heavy atom. The van der Waals surface area contributed by atoms with E-state index in [2.05, 4.69) is 56.9 Å². The number of rotatable bonds is 28. The maximum absolute atomic E-state index is 13.7. The van der Waals surface area contributed by atoms with E-state index >= 15 is 0 Å². The molecule has 3 N–H and O–H groups in total. The number of allylic oxidation sites excluding steroid dienone is 1. The van der Waals surface area contributed by atoms with Crippen molar-refractivity contribution < 1.29 is 229 Å². The summed E-state index contributed by atoms with van der Waals surface area (Å²) in [4.78, 5) is 79.0. The molecule has 571 valence electrons. The van der Waals surface area contributed by atoms with Crippen molar-refractivity contribution in [1.82, 2.24) is 38.4 Å². The third-order valence-electron chi connectivity index (χ3n) is 14.4. The number of carbonyl (C=O) groups is 2. The zero-order valence-corrected chi connectivity index (χ0v) is 73.5. The van der Waals surface area contributed by atoms with Crippen LogP contribution in [-0.4, -0.2) is 161 Å². The molecule has 0 aliphatic carbocycles. The van der Waals surface area contributed by atoms with Gasteiger partial charge in [0.2, 0.25) is 23.3 Å². The number of aliphatic imine (C=N–C) groups is 1. The molecule has 1 aromatic heterocycles. The van der Waals surface area contributed by atoms with E-state index in [9.17, 15) is 86.6 Å². The Bertz CT molecular complexity index is 4200. The number of nitro groups is 5. The minimum absolute atomic E-state index is 0. The molecule has 5 aromatic carbocycles. The Morgan fingerprint density at radius 2 is 0.944 bits per heavy atom. The molecule has 11 rings (SSSR count). The third kappa shape index (κ3) is 32.6. The summed E-state index contributed by atoms with van der Waals surface area (Å²) in [6.45, 7) is 14.5. The van der Waals surface area contributed by atoms with Crippen molar-refractivity contribution >= 4 is 110 Å². The van der Waals surface area contributed by atoms with Crippen molar-refractivity contribution in [3.8, 4) is 5.69 Å². The van der Waals surface area contributed by atoms with Crippen LogP contribution in [0.1, 0.15) is 101 Å². The first-order valence-electron chi connectivity index (χ1n) is 30.8. The van der Waals surface area contributed by atoms with Gasteiger partial charge in [-0.2, -0.15) is 17.6 Å². The summed E-state index contributed by atoms with van der Waals surface area (Å²) in [6, 6.07) is 18.2. The molecular weight excluding hydrogens is 1690 g/mol. The summed E-state index contributed by atoms with van der Waals surface area (Å²) in [5.74, 6) is -4.12. The van der Waals surface area contributed by atoms with Crippen LogP contribution in [0.5, 0.6) is 0 Å². The number of nitrogens with one attached hydrogen (secondary N) is 2. The monoisotopic (exact) mass is 1760 g/mol. The van der Waals surface area contributed by atoms with E-state index < -0.39 is 118 Å². The second-order valence-corrected chi connectivity index (χ2v) is 30.1. The van der Waals surface area contributed by atoms with Gasteiger partial charge >= 0.3 is 178 Å². The standard InChI is InChI=1S/C15H18N5O4P.C12H17Br2FN3O4P.C12H15FN3O4P.C8H8FNO3.C8H6FNO3.C4H5N.CH2O3.B.2K.Na.2H/c1-12(24-25(23,18-6-7-18)19-8-9-19)13-2-3-14(20(21)22)15(10-13)17-5-4-16-11-17;1-9(10-2-3-12(18(19)20)11(15)8-10)22-23(21,16-6-4-13)17-7-5-14;1-9(10-2-3-12(16(17)18)11(13)8-10)20-21(19,14-4-5-14)15-6-7-15;2*1-5(11)6-2-3-8(10(12)13)7(9)4-6;1-2-4-5-3-1;2-1-4-3;;;;;;/h2-5,10-12H,6-9H2,1H3;2-3,8-9H,4-7H2,1H3,(H2,16,17,21);2-3,8-9H,4-7H2,1H3;2-5,11H,1H3;2-4H,1H3;1,3-4H,2H2;1,3H;;;;;;/q;;;;;;;;3*+1;2*-1/p-1. The Morgan fingerprint density at radius 1 is 0.602 bits per heavy atom. The maximum atomic E-state index is 13.7. The van der Waals surface area contributed by atoms with Crippen LogP contribution in [-0.2, 0) is 36.9 Å². The first-order chi connectivity index (χ1) is 49.2. The van der Waals surface area contributed by atoms with Gasteiger partial charge in [0.15, 0.2) is 5.78 Å². The number of halogens is 6. The molecule has 108 heavy (non-hydrogen) atoms. The fourth-order valence-corrected chi connectivity index (χ4v) is 16.0. The predicted octanol–water partition coefficient (Wildman–Crippen LogP) is 3.03. The van der Waals surface area contributed by atoms with Crippen LogP contribution < -0.4 is 148 Å². The number of aliphatic hydroxyl groups excluding tert-OH is 1. The van der Waals surface area contributed by atoms with E-state index in [1.165, 1.54) is 50.5 Å². The van der Waals surface area contributed by atoms with Crippen molar-refractivity contribution in [1.29, 1.82) is 0 Å². The van der Waals surface area contributed by atoms with E-state index in [0.717, 1.165) is 113 Å². The molecule has 0 bridgehead atoms. The van der Waals surface area contributed by atoms with Gasteiger partial charge in [-0.05, 0) is 118 Å². The van der Waals surface area contributed by atoms with Gasteiger partial charge < -0.3 is 22.7 Å². The second-order valence-electron chi connectivity index (χ2n) is 22.0. The number of imidazole rings is 1. The number of aliphatic hydroxyl groups is 1. The van der Waals surface area contributed by atoms with Crippen molar-refractivity contribution in [3.63, 3.8) is 0 Å². The van der Waals surface area contributed by atoms with Crippen LogP contribution in [0.4, 0.5) is 46.0 Å². The molecule has 0 saturated carbocycles. The van der Waals surface area contributed by atoms with Crippen molar-refractivity contribution in [2.75, 3.05) is 76.1 Å².